The summed E-state index contributed by atoms with van der Waals surface area (Å²) < 4.78 is 16.5. The van der Waals surface area contributed by atoms with Crippen LogP contribution in [-0.2, 0) is 4.74 Å². The molecule has 0 bridgehead atoms. The largest absolute Gasteiger partial charge is 0.454 e. The number of carbonyl (C=O) groups is 1. The number of nitrogens with one attached hydrogen (secondary N) is 1. The Morgan fingerprint density at radius 3 is 2.79 bits per heavy atom. The SMILES string of the molecule is CN(C)c1ncccc1C(=O)NCC(c1ccc2c(c1)OCO2)N1CCOCC1. The summed E-state index contributed by atoms with van der Waals surface area (Å²) in [5.41, 5.74) is 1.64. The molecule has 2 aliphatic heterocycles. The predicted molar refractivity (Wildman–Crippen MR) is 109 cm³/mol. The summed E-state index contributed by atoms with van der Waals surface area (Å²) in [5, 5.41) is 3.10. The van der Waals surface area contributed by atoms with Crippen molar-refractivity contribution in [2.45, 2.75) is 6.04 Å². The molecule has 8 heteroatoms. The Kier molecular flexibility index (Phi) is 5.82. The fourth-order valence-electron chi connectivity index (χ4n) is 3.68. The van der Waals surface area contributed by atoms with Crippen LogP contribution in [0.2, 0.25) is 0 Å². The second kappa shape index (κ2) is 8.67. The van der Waals surface area contributed by atoms with Crippen molar-refractivity contribution >= 4 is 11.7 Å². The fraction of sp³-hybridized carbons (Fsp3) is 0.429. The van der Waals surface area contributed by atoms with Crippen LogP contribution in [0.5, 0.6) is 11.5 Å². The lowest BCUT2D eigenvalue weighted by atomic mass is 10.0. The minimum atomic E-state index is -0.138. The second-order valence-electron chi connectivity index (χ2n) is 7.26. The van der Waals surface area contributed by atoms with Gasteiger partial charge in [0.1, 0.15) is 5.82 Å². The molecule has 3 heterocycles. The number of amides is 1. The molecule has 8 nitrogen and oxygen atoms in total. The van der Waals surface area contributed by atoms with Gasteiger partial charge in [0.25, 0.3) is 5.91 Å². The second-order valence-corrected chi connectivity index (χ2v) is 7.26. The highest BCUT2D eigenvalue weighted by Crippen LogP contribution is 2.35. The summed E-state index contributed by atoms with van der Waals surface area (Å²) in [5.74, 6) is 2.01. The monoisotopic (exact) mass is 398 g/mol. The average Bonchev–Trinajstić information content (AvgIpc) is 3.22. The molecule has 1 atom stereocenters. The highest BCUT2D eigenvalue weighted by atomic mass is 16.7. The molecule has 1 unspecified atom stereocenters. The molecule has 1 N–H and O–H groups in total. The number of fused-ring (bicyclic) bond motifs is 1. The molecule has 1 amide bonds. The first kappa shape index (κ1) is 19.5. The number of hydrogen-bond donors (Lipinski definition) is 1. The number of ether oxygens (including phenoxy) is 3. The van der Waals surface area contributed by atoms with Crippen molar-refractivity contribution in [2.75, 3.05) is 58.6 Å². The van der Waals surface area contributed by atoms with Crippen LogP contribution >= 0.6 is 0 Å². The number of benzene rings is 1. The normalized spacial score (nSPS) is 17.0. The zero-order valence-electron chi connectivity index (χ0n) is 16.8. The summed E-state index contributed by atoms with van der Waals surface area (Å²) in [6.45, 7) is 3.70. The lowest BCUT2D eigenvalue weighted by Gasteiger charge is -2.35. The molecule has 0 radical (unpaired) electrons. The standard InChI is InChI=1S/C21H26N4O4/c1-24(2)20-16(4-3-7-22-20)21(26)23-13-17(25-8-10-27-11-9-25)15-5-6-18-19(12-15)29-14-28-18/h3-7,12,17H,8-11,13-14H2,1-2H3,(H,23,26). The molecule has 4 rings (SSSR count). The van der Waals surface area contributed by atoms with Crippen LogP contribution in [0.25, 0.3) is 0 Å². The molecular formula is C21H26N4O4. The Bertz CT molecular complexity index is 868. The van der Waals surface area contributed by atoms with Crippen LogP contribution in [-0.4, -0.2) is 69.5 Å². The third-order valence-corrected chi connectivity index (χ3v) is 5.18. The van der Waals surface area contributed by atoms with Crippen molar-refractivity contribution in [3.05, 3.63) is 47.7 Å². The van der Waals surface area contributed by atoms with Crippen molar-refractivity contribution in [3.63, 3.8) is 0 Å². The van der Waals surface area contributed by atoms with E-state index in [0.29, 0.717) is 31.1 Å². The van der Waals surface area contributed by atoms with Crippen molar-refractivity contribution in [2.24, 2.45) is 0 Å². The first-order chi connectivity index (χ1) is 14.1. The van der Waals surface area contributed by atoms with Gasteiger partial charge >= 0.3 is 0 Å². The molecular weight excluding hydrogens is 372 g/mol. The molecule has 1 saturated heterocycles. The van der Waals surface area contributed by atoms with E-state index in [1.807, 2.05) is 37.2 Å². The average molecular weight is 398 g/mol. The zero-order chi connectivity index (χ0) is 20.2. The van der Waals surface area contributed by atoms with Crippen LogP contribution in [0.15, 0.2) is 36.5 Å². The van der Waals surface area contributed by atoms with Gasteiger partial charge in [-0.05, 0) is 29.8 Å². The van der Waals surface area contributed by atoms with Gasteiger partial charge < -0.3 is 24.4 Å². The van der Waals surface area contributed by atoms with Gasteiger partial charge in [0.05, 0.1) is 24.8 Å². The topological polar surface area (TPSA) is 76.2 Å². The minimum Gasteiger partial charge on any atom is -0.454 e. The summed E-state index contributed by atoms with van der Waals surface area (Å²) in [6, 6.07) is 9.55. The van der Waals surface area contributed by atoms with Gasteiger partial charge in [0.15, 0.2) is 11.5 Å². The molecule has 154 valence electrons. The Labute approximate surface area is 170 Å². The molecule has 0 spiro atoms. The van der Waals surface area contributed by atoms with Gasteiger partial charge in [0, 0.05) is 39.9 Å². The maximum atomic E-state index is 12.9. The van der Waals surface area contributed by atoms with Gasteiger partial charge in [0.2, 0.25) is 6.79 Å². The fourth-order valence-corrected chi connectivity index (χ4v) is 3.68. The maximum absolute atomic E-state index is 12.9. The van der Waals surface area contributed by atoms with E-state index in [1.54, 1.807) is 18.3 Å². The number of nitrogens with zero attached hydrogens (tertiary/aromatic N) is 3. The third-order valence-electron chi connectivity index (χ3n) is 5.18. The zero-order valence-corrected chi connectivity index (χ0v) is 16.8. The van der Waals surface area contributed by atoms with E-state index >= 15 is 0 Å². The Morgan fingerprint density at radius 1 is 1.21 bits per heavy atom. The van der Waals surface area contributed by atoms with E-state index in [2.05, 4.69) is 15.2 Å². The summed E-state index contributed by atoms with van der Waals surface area (Å²) in [6.07, 6.45) is 1.69. The highest BCUT2D eigenvalue weighted by Gasteiger charge is 2.26. The molecule has 0 saturated carbocycles. The number of morpholine rings is 1. The molecule has 2 aliphatic rings. The van der Waals surface area contributed by atoms with Crippen LogP contribution in [0.3, 0.4) is 0 Å². The number of aromatic nitrogens is 1. The van der Waals surface area contributed by atoms with Crippen molar-refractivity contribution in [3.8, 4) is 11.5 Å². The van der Waals surface area contributed by atoms with Crippen molar-refractivity contribution < 1.29 is 19.0 Å². The van der Waals surface area contributed by atoms with Crippen LogP contribution < -0.4 is 19.7 Å². The lowest BCUT2D eigenvalue weighted by Crippen LogP contribution is -2.44. The van der Waals surface area contributed by atoms with E-state index in [1.165, 1.54) is 0 Å². The number of carbonyl (C=O) groups excluding carboxylic acids is 1. The third kappa shape index (κ3) is 4.28. The van der Waals surface area contributed by atoms with Crippen LogP contribution in [0, 0.1) is 0 Å². The lowest BCUT2D eigenvalue weighted by molar-refractivity contribution is 0.0162. The van der Waals surface area contributed by atoms with Gasteiger partial charge in [-0.25, -0.2) is 4.98 Å². The van der Waals surface area contributed by atoms with E-state index in [4.69, 9.17) is 14.2 Å². The van der Waals surface area contributed by atoms with Crippen molar-refractivity contribution in [1.29, 1.82) is 0 Å². The van der Waals surface area contributed by atoms with E-state index in [0.717, 1.165) is 30.2 Å². The first-order valence-corrected chi connectivity index (χ1v) is 9.75. The van der Waals surface area contributed by atoms with Crippen LogP contribution in [0.4, 0.5) is 5.82 Å². The predicted octanol–water partition coefficient (Wildman–Crippen LogP) is 1.68. The molecule has 1 fully saturated rings. The molecule has 0 aliphatic carbocycles. The quantitative estimate of drug-likeness (QED) is 0.793. The summed E-state index contributed by atoms with van der Waals surface area (Å²) in [7, 11) is 3.75. The number of rotatable bonds is 6. The Balaban J connectivity index is 1.54. The molecule has 1 aromatic heterocycles. The van der Waals surface area contributed by atoms with Gasteiger partial charge in [-0.2, -0.15) is 0 Å². The maximum Gasteiger partial charge on any atom is 0.255 e. The van der Waals surface area contributed by atoms with E-state index in [9.17, 15) is 4.79 Å². The summed E-state index contributed by atoms with van der Waals surface area (Å²) >= 11 is 0. The molecule has 29 heavy (non-hydrogen) atoms. The number of anilines is 1. The molecule has 1 aromatic carbocycles. The summed E-state index contributed by atoms with van der Waals surface area (Å²) in [4.78, 5) is 21.4. The Hall–Kier alpha value is -2.84. The highest BCUT2D eigenvalue weighted by molar-refractivity contribution is 5.98. The van der Waals surface area contributed by atoms with Gasteiger partial charge in [-0.15, -0.1) is 0 Å². The van der Waals surface area contributed by atoms with Gasteiger partial charge in [-0.1, -0.05) is 6.07 Å². The van der Waals surface area contributed by atoms with Crippen LogP contribution in [0.1, 0.15) is 22.0 Å². The smallest absolute Gasteiger partial charge is 0.255 e. The molecule has 2 aromatic rings. The Morgan fingerprint density at radius 2 is 2.00 bits per heavy atom. The first-order valence-electron chi connectivity index (χ1n) is 9.75. The number of hydrogen-bond acceptors (Lipinski definition) is 7. The van der Waals surface area contributed by atoms with E-state index in [-0.39, 0.29) is 18.7 Å². The van der Waals surface area contributed by atoms with Gasteiger partial charge in [-0.3, -0.25) is 9.69 Å². The van der Waals surface area contributed by atoms with E-state index < -0.39 is 0 Å². The number of pyridine rings is 1. The minimum absolute atomic E-state index is 0.0110. The van der Waals surface area contributed by atoms with Crippen molar-refractivity contribution in [1.82, 2.24) is 15.2 Å².